The SMILES string of the molecule is CNc1cnc(C(=O)N2CCCc3cc(C)ccc32)cn1. The second kappa shape index (κ2) is 5.52. The van der Waals surface area contributed by atoms with Gasteiger partial charge in [0.2, 0.25) is 0 Å². The standard InChI is InChI=1S/C16H18N4O/c1-11-5-6-14-12(8-11)4-3-7-20(14)16(21)13-9-19-15(17-2)10-18-13/h5-6,8-10H,3-4,7H2,1-2H3,(H,17,19). The summed E-state index contributed by atoms with van der Waals surface area (Å²) in [4.78, 5) is 22.8. The van der Waals surface area contributed by atoms with Crippen molar-refractivity contribution in [2.75, 3.05) is 23.8 Å². The number of hydrogen-bond donors (Lipinski definition) is 1. The molecule has 5 nitrogen and oxygen atoms in total. The first-order valence-electron chi connectivity index (χ1n) is 7.10. The maximum Gasteiger partial charge on any atom is 0.278 e. The number of nitrogens with one attached hydrogen (secondary N) is 1. The zero-order valence-electron chi connectivity index (χ0n) is 12.3. The van der Waals surface area contributed by atoms with Gasteiger partial charge in [0.25, 0.3) is 5.91 Å². The van der Waals surface area contributed by atoms with Gasteiger partial charge in [-0.2, -0.15) is 0 Å². The summed E-state index contributed by atoms with van der Waals surface area (Å²) in [5.41, 5.74) is 3.83. The summed E-state index contributed by atoms with van der Waals surface area (Å²) >= 11 is 0. The number of carbonyl (C=O) groups is 1. The van der Waals surface area contributed by atoms with Crippen LogP contribution in [0.4, 0.5) is 11.5 Å². The Labute approximate surface area is 124 Å². The molecule has 0 atom stereocenters. The van der Waals surface area contributed by atoms with E-state index in [1.807, 2.05) is 12.1 Å². The Morgan fingerprint density at radius 1 is 1.29 bits per heavy atom. The molecule has 0 bridgehead atoms. The van der Waals surface area contributed by atoms with Crippen molar-refractivity contribution in [1.82, 2.24) is 9.97 Å². The highest BCUT2D eigenvalue weighted by Gasteiger charge is 2.24. The molecule has 108 valence electrons. The third kappa shape index (κ3) is 2.59. The molecule has 1 amide bonds. The highest BCUT2D eigenvalue weighted by atomic mass is 16.2. The summed E-state index contributed by atoms with van der Waals surface area (Å²) in [6.45, 7) is 2.80. The van der Waals surface area contributed by atoms with Gasteiger partial charge in [-0.25, -0.2) is 9.97 Å². The zero-order valence-corrected chi connectivity index (χ0v) is 12.3. The lowest BCUT2D eigenvalue weighted by molar-refractivity contribution is 0.0980. The Kier molecular flexibility index (Phi) is 3.56. The van der Waals surface area contributed by atoms with E-state index in [0.717, 1.165) is 25.1 Å². The van der Waals surface area contributed by atoms with Crippen molar-refractivity contribution in [3.63, 3.8) is 0 Å². The molecule has 0 unspecified atom stereocenters. The Bertz CT molecular complexity index is 666. The van der Waals surface area contributed by atoms with Crippen LogP contribution in [0.3, 0.4) is 0 Å². The Hall–Kier alpha value is -2.43. The number of hydrogen-bond acceptors (Lipinski definition) is 4. The van der Waals surface area contributed by atoms with Gasteiger partial charge in [-0.05, 0) is 31.4 Å². The van der Waals surface area contributed by atoms with Crippen molar-refractivity contribution >= 4 is 17.4 Å². The van der Waals surface area contributed by atoms with Crippen molar-refractivity contribution in [2.45, 2.75) is 19.8 Å². The van der Waals surface area contributed by atoms with Crippen LogP contribution in [-0.4, -0.2) is 29.5 Å². The van der Waals surface area contributed by atoms with Gasteiger partial charge in [-0.3, -0.25) is 4.79 Å². The molecular formula is C16H18N4O. The number of carbonyl (C=O) groups excluding carboxylic acids is 1. The van der Waals surface area contributed by atoms with E-state index < -0.39 is 0 Å². The number of aryl methyl sites for hydroxylation is 2. The summed E-state index contributed by atoms with van der Waals surface area (Å²) in [5, 5.41) is 2.90. The Morgan fingerprint density at radius 2 is 2.14 bits per heavy atom. The number of aromatic nitrogens is 2. The van der Waals surface area contributed by atoms with Gasteiger partial charge in [-0.1, -0.05) is 17.7 Å². The minimum atomic E-state index is -0.0880. The van der Waals surface area contributed by atoms with Crippen LogP contribution in [0.25, 0.3) is 0 Å². The highest BCUT2D eigenvalue weighted by Crippen LogP contribution is 2.28. The molecule has 0 saturated carbocycles. The van der Waals surface area contributed by atoms with E-state index in [4.69, 9.17) is 0 Å². The van der Waals surface area contributed by atoms with Crippen LogP contribution in [0.2, 0.25) is 0 Å². The molecule has 0 aliphatic carbocycles. The molecule has 0 radical (unpaired) electrons. The summed E-state index contributed by atoms with van der Waals surface area (Å²) in [6, 6.07) is 6.22. The van der Waals surface area contributed by atoms with E-state index in [-0.39, 0.29) is 5.91 Å². The molecule has 0 fully saturated rings. The maximum absolute atomic E-state index is 12.7. The molecule has 1 aromatic carbocycles. The number of fused-ring (bicyclic) bond motifs is 1. The fourth-order valence-electron chi connectivity index (χ4n) is 2.64. The van der Waals surface area contributed by atoms with Crippen LogP contribution in [0.5, 0.6) is 0 Å². The Morgan fingerprint density at radius 3 is 2.86 bits per heavy atom. The predicted molar refractivity (Wildman–Crippen MR) is 82.8 cm³/mol. The third-order valence-corrected chi connectivity index (χ3v) is 3.73. The molecule has 1 aliphatic rings. The molecule has 1 aliphatic heterocycles. The maximum atomic E-state index is 12.7. The Balaban J connectivity index is 1.92. The number of benzene rings is 1. The second-order valence-corrected chi connectivity index (χ2v) is 5.23. The number of rotatable bonds is 2. The molecule has 0 spiro atoms. The summed E-state index contributed by atoms with van der Waals surface area (Å²) in [5.74, 6) is 0.566. The summed E-state index contributed by atoms with van der Waals surface area (Å²) < 4.78 is 0. The lowest BCUT2D eigenvalue weighted by atomic mass is 9.99. The van der Waals surface area contributed by atoms with Gasteiger partial charge in [0.15, 0.2) is 0 Å². The zero-order chi connectivity index (χ0) is 14.8. The van der Waals surface area contributed by atoms with Gasteiger partial charge in [-0.15, -0.1) is 0 Å². The van der Waals surface area contributed by atoms with Crippen LogP contribution in [0, 0.1) is 6.92 Å². The van der Waals surface area contributed by atoms with Gasteiger partial charge in [0.1, 0.15) is 11.5 Å². The molecule has 2 aromatic rings. The summed E-state index contributed by atoms with van der Waals surface area (Å²) in [6.07, 6.45) is 5.10. The monoisotopic (exact) mass is 282 g/mol. The predicted octanol–water partition coefficient (Wildman–Crippen LogP) is 2.42. The average molecular weight is 282 g/mol. The lowest BCUT2D eigenvalue weighted by Crippen LogP contribution is -2.36. The van der Waals surface area contributed by atoms with Crippen LogP contribution in [0.1, 0.15) is 28.0 Å². The first kappa shape index (κ1) is 13.5. The largest absolute Gasteiger partial charge is 0.372 e. The molecule has 5 heteroatoms. The van der Waals surface area contributed by atoms with E-state index in [0.29, 0.717) is 11.5 Å². The van der Waals surface area contributed by atoms with E-state index >= 15 is 0 Å². The number of anilines is 2. The fourth-order valence-corrected chi connectivity index (χ4v) is 2.64. The molecule has 1 aromatic heterocycles. The second-order valence-electron chi connectivity index (χ2n) is 5.23. The molecular weight excluding hydrogens is 264 g/mol. The van der Waals surface area contributed by atoms with Crippen molar-refractivity contribution in [3.8, 4) is 0 Å². The van der Waals surface area contributed by atoms with Crippen LogP contribution < -0.4 is 10.2 Å². The van der Waals surface area contributed by atoms with E-state index in [9.17, 15) is 4.79 Å². The van der Waals surface area contributed by atoms with Gasteiger partial charge < -0.3 is 10.2 Å². The topological polar surface area (TPSA) is 58.1 Å². The lowest BCUT2D eigenvalue weighted by Gasteiger charge is -2.29. The van der Waals surface area contributed by atoms with Crippen LogP contribution in [0.15, 0.2) is 30.6 Å². The molecule has 1 N–H and O–H groups in total. The van der Waals surface area contributed by atoms with Gasteiger partial charge in [0.05, 0.1) is 12.4 Å². The molecule has 2 heterocycles. The molecule has 21 heavy (non-hydrogen) atoms. The number of amides is 1. The van der Waals surface area contributed by atoms with Crippen molar-refractivity contribution < 1.29 is 4.79 Å². The van der Waals surface area contributed by atoms with E-state index in [1.165, 1.54) is 17.3 Å². The van der Waals surface area contributed by atoms with Crippen LogP contribution in [-0.2, 0) is 6.42 Å². The minimum Gasteiger partial charge on any atom is -0.372 e. The van der Waals surface area contributed by atoms with Crippen molar-refractivity contribution in [1.29, 1.82) is 0 Å². The van der Waals surface area contributed by atoms with E-state index in [2.05, 4.69) is 28.3 Å². The van der Waals surface area contributed by atoms with Gasteiger partial charge in [0, 0.05) is 19.3 Å². The quantitative estimate of drug-likeness (QED) is 0.919. The number of nitrogens with zero attached hydrogens (tertiary/aromatic N) is 3. The van der Waals surface area contributed by atoms with Crippen molar-refractivity contribution in [2.24, 2.45) is 0 Å². The van der Waals surface area contributed by atoms with E-state index in [1.54, 1.807) is 18.1 Å². The minimum absolute atomic E-state index is 0.0880. The fraction of sp³-hybridized carbons (Fsp3) is 0.312. The molecule has 0 saturated heterocycles. The van der Waals surface area contributed by atoms with Crippen LogP contribution >= 0.6 is 0 Å². The first-order valence-corrected chi connectivity index (χ1v) is 7.10. The average Bonchev–Trinajstić information content (AvgIpc) is 2.53. The smallest absolute Gasteiger partial charge is 0.278 e. The highest BCUT2D eigenvalue weighted by molar-refractivity contribution is 6.05. The van der Waals surface area contributed by atoms with Gasteiger partial charge >= 0.3 is 0 Å². The third-order valence-electron chi connectivity index (χ3n) is 3.73. The first-order chi connectivity index (χ1) is 10.2. The van der Waals surface area contributed by atoms with Crippen molar-refractivity contribution in [3.05, 3.63) is 47.4 Å². The normalized spacial score (nSPS) is 13.7. The molecule has 3 rings (SSSR count). The summed E-state index contributed by atoms with van der Waals surface area (Å²) in [7, 11) is 1.77.